The predicted octanol–water partition coefficient (Wildman–Crippen LogP) is 3.32. The van der Waals surface area contributed by atoms with Gasteiger partial charge in [0.05, 0.1) is 16.3 Å². The second-order valence-corrected chi connectivity index (χ2v) is 8.03. The largest absolute Gasteiger partial charge is 0.381 e. The summed E-state index contributed by atoms with van der Waals surface area (Å²) in [6.07, 6.45) is 9.33. The van der Waals surface area contributed by atoms with E-state index >= 15 is 0 Å². The number of carbonyl (C=O) groups is 1. The van der Waals surface area contributed by atoms with Crippen molar-refractivity contribution >= 4 is 40.0 Å². The number of aromatic amines is 1. The minimum atomic E-state index is -0.469. The Balaban J connectivity index is 1.41. The number of H-pyrrole nitrogens is 1. The van der Waals surface area contributed by atoms with Crippen LogP contribution < -0.4 is 16.0 Å². The molecule has 1 amide bonds. The number of aromatic nitrogens is 3. The van der Waals surface area contributed by atoms with Gasteiger partial charge >= 0.3 is 0 Å². The molecule has 144 valence electrons. The van der Waals surface area contributed by atoms with Gasteiger partial charge < -0.3 is 20.9 Å². The fourth-order valence-corrected chi connectivity index (χ4v) is 4.86. The molecule has 4 N–H and O–H groups in total. The van der Waals surface area contributed by atoms with Crippen LogP contribution in [0.3, 0.4) is 0 Å². The third-order valence-electron chi connectivity index (χ3n) is 5.91. The normalized spacial score (nSPS) is 23.9. The van der Waals surface area contributed by atoms with Crippen molar-refractivity contribution in [3.05, 3.63) is 47.4 Å². The molecule has 5 heterocycles. The van der Waals surface area contributed by atoms with E-state index in [1.165, 1.54) is 0 Å². The van der Waals surface area contributed by atoms with Crippen LogP contribution in [-0.4, -0.2) is 39.0 Å². The Bertz CT molecular complexity index is 1020. The molecule has 2 aliphatic rings. The molecule has 5 rings (SSSR count). The highest BCUT2D eigenvalue weighted by molar-refractivity contribution is 6.30. The third kappa shape index (κ3) is 2.86. The van der Waals surface area contributed by atoms with Gasteiger partial charge in [-0.15, -0.1) is 0 Å². The van der Waals surface area contributed by atoms with Gasteiger partial charge in [-0.3, -0.25) is 4.79 Å². The summed E-state index contributed by atoms with van der Waals surface area (Å²) in [5, 5.41) is 5.16. The molecule has 7 nitrogen and oxygen atoms in total. The number of pyridine rings is 2. The smallest absolute Gasteiger partial charge is 0.252 e. The summed E-state index contributed by atoms with van der Waals surface area (Å²) in [6, 6.07) is 6.93. The highest BCUT2D eigenvalue weighted by Gasteiger charge is 2.41. The minimum absolute atomic E-state index is 0.264. The quantitative estimate of drug-likeness (QED) is 0.628. The number of nitrogens with zero attached hydrogens (tertiary/aromatic N) is 3. The molecule has 0 saturated carbocycles. The number of amides is 1. The number of primary amides is 1. The van der Waals surface area contributed by atoms with Gasteiger partial charge in [0, 0.05) is 42.1 Å². The number of rotatable bonds is 4. The van der Waals surface area contributed by atoms with Crippen LogP contribution in [0.15, 0.2) is 36.8 Å². The fraction of sp³-hybridized carbons (Fsp3) is 0.350. The molecule has 0 unspecified atom stereocenters. The molecule has 2 fully saturated rings. The summed E-state index contributed by atoms with van der Waals surface area (Å²) in [7, 11) is 0. The number of nitrogens with one attached hydrogen (secondary N) is 2. The van der Waals surface area contributed by atoms with E-state index < -0.39 is 5.91 Å². The number of hydrogen-bond donors (Lipinski definition) is 3. The van der Waals surface area contributed by atoms with Crippen molar-refractivity contribution < 1.29 is 4.79 Å². The summed E-state index contributed by atoms with van der Waals surface area (Å²) in [6.45, 7) is 0. The van der Waals surface area contributed by atoms with Crippen molar-refractivity contribution in [2.24, 2.45) is 5.73 Å². The Morgan fingerprint density at radius 3 is 2.64 bits per heavy atom. The van der Waals surface area contributed by atoms with Crippen molar-refractivity contribution in [1.29, 1.82) is 0 Å². The molecule has 0 aliphatic carbocycles. The number of carbonyl (C=O) groups excluding carboxylic acids is 1. The van der Waals surface area contributed by atoms with E-state index in [2.05, 4.69) is 25.2 Å². The van der Waals surface area contributed by atoms with Crippen LogP contribution in [0.5, 0.6) is 0 Å². The van der Waals surface area contributed by atoms with Gasteiger partial charge in [0.25, 0.3) is 5.91 Å². The molecular formula is C20H21ClN6O. The van der Waals surface area contributed by atoms with E-state index in [1.54, 1.807) is 12.4 Å². The van der Waals surface area contributed by atoms with Gasteiger partial charge in [-0.25, -0.2) is 9.97 Å². The van der Waals surface area contributed by atoms with E-state index in [0.717, 1.165) is 48.2 Å². The van der Waals surface area contributed by atoms with E-state index in [9.17, 15) is 4.79 Å². The van der Waals surface area contributed by atoms with Gasteiger partial charge in [0.2, 0.25) is 0 Å². The van der Waals surface area contributed by atoms with E-state index in [1.807, 2.05) is 24.4 Å². The molecule has 3 atom stereocenters. The Morgan fingerprint density at radius 1 is 1.18 bits per heavy atom. The highest BCUT2D eigenvalue weighted by Crippen LogP contribution is 2.40. The van der Waals surface area contributed by atoms with Crippen molar-refractivity contribution in [2.75, 3.05) is 10.2 Å². The zero-order chi connectivity index (χ0) is 19.3. The topological polar surface area (TPSA) is 99.9 Å². The van der Waals surface area contributed by atoms with Crippen molar-refractivity contribution in [3.8, 4) is 0 Å². The molecule has 28 heavy (non-hydrogen) atoms. The van der Waals surface area contributed by atoms with E-state index in [0.29, 0.717) is 22.7 Å². The number of piperidine rings is 1. The number of anilines is 2. The van der Waals surface area contributed by atoms with Gasteiger partial charge in [0.1, 0.15) is 11.5 Å². The van der Waals surface area contributed by atoms with Crippen LogP contribution in [0.4, 0.5) is 11.5 Å². The molecule has 2 saturated heterocycles. The van der Waals surface area contributed by atoms with Crippen LogP contribution in [0.1, 0.15) is 36.0 Å². The summed E-state index contributed by atoms with van der Waals surface area (Å²) in [4.78, 5) is 26.3. The van der Waals surface area contributed by atoms with Crippen molar-refractivity contribution in [1.82, 2.24) is 15.0 Å². The number of halogens is 1. The fourth-order valence-electron chi connectivity index (χ4n) is 4.74. The Labute approximate surface area is 167 Å². The predicted molar refractivity (Wildman–Crippen MR) is 110 cm³/mol. The maximum atomic E-state index is 11.9. The van der Waals surface area contributed by atoms with Crippen LogP contribution >= 0.6 is 11.6 Å². The number of nitrogens with two attached hydrogens (primary N) is 1. The van der Waals surface area contributed by atoms with E-state index in [4.69, 9.17) is 17.3 Å². The van der Waals surface area contributed by atoms with Crippen LogP contribution in [0.2, 0.25) is 5.02 Å². The summed E-state index contributed by atoms with van der Waals surface area (Å²) < 4.78 is 0. The maximum absolute atomic E-state index is 11.9. The van der Waals surface area contributed by atoms with E-state index in [-0.39, 0.29) is 6.04 Å². The highest BCUT2D eigenvalue weighted by atomic mass is 35.5. The summed E-state index contributed by atoms with van der Waals surface area (Å²) >= 11 is 5.99. The zero-order valence-corrected chi connectivity index (χ0v) is 16.0. The summed E-state index contributed by atoms with van der Waals surface area (Å²) in [5.74, 6) is 0.522. The lowest BCUT2D eigenvalue weighted by molar-refractivity contribution is 0.100. The first-order valence-electron chi connectivity index (χ1n) is 9.52. The number of hydrogen-bond acceptors (Lipinski definition) is 5. The number of fused-ring (bicyclic) bond motifs is 3. The van der Waals surface area contributed by atoms with Crippen molar-refractivity contribution in [2.45, 2.75) is 43.8 Å². The summed E-state index contributed by atoms with van der Waals surface area (Å²) in [5.41, 5.74) is 7.56. The Hall–Kier alpha value is -2.80. The Kier molecular flexibility index (Phi) is 4.12. The average molecular weight is 397 g/mol. The lowest BCUT2D eigenvalue weighted by Crippen LogP contribution is -2.47. The van der Waals surface area contributed by atoms with Crippen LogP contribution in [-0.2, 0) is 0 Å². The standard InChI is InChI=1S/C20H21ClN6O/c21-11-1-4-17(24-9-11)27-13-2-3-14(27)8-12(7-13)26-18-15-5-6-23-20(15)25-10-16(18)19(22)28/h1,4-6,9-10,12-14H,2-3,7-8H2,(H2,22,28)(H2,23,25,26)/t12-,13-,14+. The third-order valence-corrected chi connectivity index (χ3v) is 6.13. The van der Waals surface area contributed by atoms with Gasteiger partial charge in [-0.2, -0.15) is 0 Å². The average Bonchev–Trinajstić information content (AvgIpc) is 3.25. The molecule has 0 aromatic carbocycles. The zero-order valence-electron chi connectivity index (χ0n) is 15.2. The lowest BCUT2D eigenvalue weighted by atomic mass is 9.96. The van der Waals surface area contributed by atoms with Gasteiger partial charge in [-0.05, 0) is 43.9 Å². The SMILES string of the molecule is NC(=O)c1cnc2[nH]ccc2c1N[C@@H]1C[C@H]2CC[C@@H](C1)N2c1ccc(Cl)cn1. The second-order valence-electron chi connectivity index (χ2n) is 7.59. The molecule has 0 spiro atoms. The molecule has 3 aromatic heterocycles. The van der Waals surface area contributed by atoms with Crippen molar-refractivity contribution in [3.63, 3.8) is 0 Å². The monoisotopic (exact) mass is 396 g/mol. The van der Waals surface area contributed by atoms with Crippen LogP contribution in [0.25, 0.3) is 11.0 Å². The van der Waals surface area contributed by atoms with Gasteiger partial charge in [-0.1, -0.05) is 11.6 Å². The molecule has 2 aliphatic heterocycles. The molecule has 2 bridgehead atoms. The lowest BCUT2D eigenvalue weighted by Gasteiger charge is -2.40. The first kappa shape index (κ1) is 17.3. The first-order chi connectivity index (χ1) is 13.6. The van der Waals surface area contributed by atoms with Gasteiger partial charge in [0.15, 0.2) is 0 Å². The Morgan fingerprint density at radius 2 is 1.96 bits per heavy atom. The maximum Gasteiger partial charge on any atom is 0.252 e. The second kappa shape index (κ2) is 6.67. The molecule has 3 aromatic rings. The first-order valence-corrected chi connectivity index (χ1v) is 9.90. The minimum Gasteiger partial charge on any atom is -0.381 e. The van der Waals surface area contributed by atoms with Crippen LogP contribution in [0, 0.1) is 0 Å². The molecule has 8 heteroatoms. The molecular weight excluding hydrogens is 376 g/mol. The molecule has 0 radical (unpaired) electrons.